The molecule has 0 aromatic heterocycles. The number of hydrogen-bond donors (Lipinski definition) is 0. The zero-order valence-electron chi connectivity index (χ0n) is 57.7. The fraction of sp³-hybridized carbons (Fsp3) is 0.217. The monoisotopic (exact) mass is 1220 g/mol. The summed E-state index contributed by atoms with van der Waals surface area (Å²) in [5.74, 6) is 0. The van der Waals surface area contributed by atoms with Gasteiger partial charge in [-0.3, -0.25) is 0 Å². The van der Waals surface area contributed by atoms with Crippen molar-refractivity contribution < 1.29 is 0 Å². The molecule has 0 spiro atoms. The number of hydrogen-bond acceptors (Lipinski definition) is 2. The van der Waals surface area contributed by atoms with Gasteiger partial charge in [0.05, 0.1) is 0 Å². The smallest absolute Gasteiger partial charge is 0.0462 e. The van der Waals surface area contributed by atoms with Crippen LogP contribution in [0.4, 0.5) is 34.1 Å². The van der Waals surface area contributed by atoms with Crippen LogP contribution in [0.2, 0.25) is 0 Å². The fourth-order valence-corrected chi connectivity index (χ4v) is 13.4. The van der Waals surface area contributed by atoms with E-state index in [1.165, 1.54) is 98.7 Å². The van der Waals surface area contributed by atoms with Gasteiger partial charge < -0.3 is 9.80 Å². The van der Waals surface area contributed by atoms with Gasteiger partial charge in [-0.15, -0.1) is 0 Å². The highest BCUT2D eigenvalue weighted by molar-refractivity contribution is 6.33. The lowest BCUT2D eigenvalue weighted by atomic mass is 9.75. The van der Waals surface area contributed by atoms with E-state index in [0.29, 0.717) is 0 Å². The minimum Gasteiger partial charge on any atom is -0.311 e. The van der Waals surface area contributed by atoms with Crippen molar-refractivity contribution in [1.82, 2.24) is 0 Å². The lowest BCUT2D eigenvalue weighted by Crippen LogP contribution is -2.18. The molecule has 0 heterocycles. The molecule has 0 saturated heterocycles. The summed E-state index contributed by atoms with van der Waals surface area (Å²) in [6.07, 6.45) is 10.8. The second-order valence-electron chi connectivity index (χ2n) is 30.4. The molecule has 0 bridgehead atoms. The summed E-state index contributed by atoms with van der Waals surface area (Å²) < 4.78 is 0. The minimum atomic E-state index is -0.0927. The van der Waals surface area contributed by atoms with Gasteiger partial charge in [0.25, 0.3) is 0 Å². The van der Waals surface area contributed by atoms with E-state index in [9.17, 15) is 0 Å². The van der Waals surface area contributed by atoms with Crippen molar-refractivity contribution in [1.29, 1.82) is 0 Å². The topological polar surface area (TPSA) is 6.48 Å². The van der Waals surface area contributed by atoms with Gasteiger partial charge in [0, 0.05) is 34.1 Å². The van der Waals surface area contributed by atoms with Crippen LogP contribution < -0.4 is 9.80 Å². The summed E-state index contributed by atoms with van der Waals surface area (Å²) in [6, 6.07) is 91.3. The number of fused-ring (bicyclic) bond motifs is 2. The first-order valence-electron chi connectivity index (χ1n) is 33.8. The minimum absolute atomic E-state index is 0.00414. The Hall–Kier alpha value is -9.76. The molecule has 468 valence electrons. The average molecular weight is 1220 g/mol. The Labute approximate surface area is 559 Å². The van der Waals surface area contributed by atoms with E-state index in [1.54, 1.807) is 0 Å². The van der Waals surface area contributed by atoms with Crippen LogP contribution in [0.25, 0.3) is 78.5 Å². The molecule has 2 heteroatoms. The molecule has 13 rings (SSSR count). The van der Waals surface area contributed by atoms with Gasteiger partial charge in [0.2, 0.25) is 0 Å². The number of anilines is 6. The zero-order valence-corrected chi connectivity index (χ0v) is 57.7. The van der Waals surface area contributed by atoms with Gasteiger partial charge in [0.15, 0.2) is 0 Å². The maximum absolute atomic E-state index is 2.57. The molecule has 0 aliphatic carbocycles. The maximum atomic E-state index is 2.57. The first-order valence-corrected chi connectivity index (χ1v) is 33.8. The summed E-state index contributed by atoms with van der Waals surface area (Å²) in [5.41, 5.74) is 24.4. The van der Waals surface area contributed by atoms with E-state index in [-0.39, 0.29) is 21.7 Å². The Morgan fingerprint density at radius 3 is 0.809 bits per heavy atom. The van der Waals surface area contributed by atoms with Crippen LogP contribution in [-0.2, 0) is 28.1 Å². The zero-order chi connectivity index (χ0) is 65.8. The molecule has 0 aliphatic rings. The van der Waals surface area contributed by atoms with Gasteiger partial charge in [-0.1, -0.05) is 263 Å². The summed E-state index contributed by atoms with van der Waals surface area (Å²) in [4.78, 5) is 4.69. The van der Waals surface area contributed by atoms with Crippen molar-refractivity contribution in [2.24, 2.45) is 0 Å². The van der Waals surface area contributed by atoms with Gasteiger partial charge in [0.1, 0.15) is 0 Å². The van der Waals surface area contributed by atoms with E-state index in [1.807, 2.05) is 0 Å². The molecule has 0 atom stereocenters. The highest BCUT2D eigenvalue weighted by Gasteiger charge is 2.28. The molecule has 0 saturated carbocycles. The van der Waals surface area contributed by atoms with E-state index in [0.717, 1.165) is 69.2 Å². The molecule has 0 fully saturated rings. The maximum Gasteiger partial charge on any atom is 0.0462 e. The van der Waals surface area contributed by atoms with Crippen LogP contribution in [0.5, 0.6) is 0 Å². The van der Waals surface area contributed by atoms with Gasteiger partial charge >= 0.3 is 0 Å². The van der Waals surface area contributed by atoms with Gasteiger partial charge in [-0.25, -0.2) is 0 Å². The van der Waals surface area contributed by atoms with Crippen LogP contribution in [0.15, 0.2) is 243 Å². The summed E-state index contributed by atoms with van der Waals surface area (Å²) >= 11 is 0. The van der Waals surface area contributed by atoms with Crippen LogP contribution in [0, 0.1) is 20.8 Å². The highest BCUT2D eigenvalue weighted by atomic mass is 15.1. The normalized spacial score (nSPS) is 12.6. The standard InChI is InChI=1S/C92H90N2/c1-61-15-39-77(40-16-61)93(78-41-17-62(2)18-42-78)80-45-29-66(30-46-80)23-21-64-25-35-69(36-26-64)70-37-27-65(28-38-70)22-24-67-31-47-81(48-32-67)94(79-43-19-63(3)20-44-79)82-49-33-68(34-50-82)51-52-92(13,14)76-56-72-55-75(91(10,11)12)58-84-83-57-73(89(4,5)6)53-71-54-74(90(7,8)9)59-85(87(71)83)86(60-76)88(72)84/h15-50,53-60H,51-52H2,1-14H3/b23-21+,24-22+. The Morgan fingerprint density at radius 1 is 0.277 bits per heavy atom. The average Bonchev–Trinajstić information content (AvgIpc) is 0.700. The van der Waals surface area contributed by atoms with E-state index < -0.39 is 0 Å². The molecule has 0 unspecified atom stereocenters. The summed E-state index contributed by atoms with van der Waals surface area (Å²) in [5, 5.41) is 11.0. The Kier molecular flexibility index (Phi) is 16.7. The Balaban J connectivity index is 0.694. The lowest BCUT2D eigenvalue weighted by Gasteiger charge is -2.29. The van der Waals surface area contributed by atoms with E-state index in [4.69, 9.17) is 0 Å². The molecule has 0 N–H and O–H groups in total. The second-order valence-corrected chi connectivity index (χ2v) is 30.4. The lowest BCUT2D eigenvalue weighted by molar-refractivity contribution is 0.481. The number of aryl methyl sites for hydroxylation is 4. The predicted molar refractivity (Wildman–Crippen MR) is 411 cm³/mol. The molecule has 2 nitrogen and oxygen atoms in total. The first-order chi connectivity index (χ1) is 44.9. The molecule has 94 heavy (non-hydrogen) atoms. The van der Waals surface area contributed by atoms with E-state index in [2.05, 4.69) is 374 Å². The fourth-order valence-electron chi connectivity index (χ4n) is 13.4. The first kappa shape index (κ1) is 63.0. The van der Waals surface area contributed by atoms with Crippen molar-refractivity contribution >= 4 is 102 Å². The third kappa shape index (κ3) is 13.3. The van der Waals surface area contributed by atoms with Crippen LogP contribution in [-0.4, -0.2) is 0 Å². The summed E-state index contributed by atoms with van der Waals surface area (Å²) in [6.45, 7) is 32.5. The predicted octanol–water partition coefficient (Wildman–Crippen LogP) is 26.4. The molecule has 0 radical (unpaired) electrons. The highest BCUT2D eigenvalue weighted by Crippen LogP contribution is 2.48. The largest absolute Gasteiger partial charge is 0.311 e. The quantitative estimate of drug-likeness (QED) is 0.0573. The van der Waals surface area contributed by atoms with Gasteiger partial charge in [-0.05, 0) is 257 Å². The summed E-state index contributed by atoms with van der Waals surface area (Å²) in [7, 11) is 0. The second kappa shape index (κ2) is 24.9. The van der Waals surface area contributed by atoms with Crippen molar-refractivity contribution in [2.75, 3.05) is 9.80 Å². The number of nitrogens with zero attached hydrogens (tertiary/aromatic N) is 2. The van der Waals surface area contributed by atoms with Crippen molar-refractivity contribution in [3.05, 3.63) is 309 Å². The molecular formula is C92H90N2. The van der Waals surface area contributed by atoms with Crippen LogP contribution in [0.3, 0.4) is 0 Å². The van der Waals surface area contributed by atoms with Crippen molar-refractivity contribution in [3.8, 4) is 11.1 Å². The Bertz CT molecular complexity index is 4850. The number of benzene rings is 13. The van der Waals surface area contributed by atoms with Crippen LogP contribution in [0.1, 0.15) is 149 Å². The SMILES string of the molecule is Cc1ccc(N(c2ccc(C)cc2)c2ccc(/C=C/c3ccc(-c4ccc(/C=C/c5ccc(N(c6ccc(C)cc6)c6ccc(CCC(C)(C)c7cc8cc(C(C)(C)C)cc9c%10cc(C(C)(C)C)cc%11cc(C(C)(C)C)cc(c(c7)c89)c%11%10)cc6)cc5)cc4)cc3)cc2)cc1. The molecular weight excluding hydrogens is 1130 g/mol. The number of rotatable bonds is 15. The molecule has 13 aromatic rings. The van der Waals surface area contributed by atoms with Crippen LogP contribution >= 0.6 is 0 Å². The Morgan fingerprint density at radius 2 is 0.521 bits per heavy atom. The third-order valence-electron chi connectivity index (χ3n) is 19.6. The third-order valence-corrected chi connectivity index (χ3v) is 19.6. The van der Waals surface area contributed by atoms with Crippen molar-refractivity contribution in [2.45, 2.75) is 131 Å². The molecule has 0 aliphatic heterocycles. The molecule has 0 amide bonds. The van der Waals surface area contributed by atoms with E-state index >= 15 is 0 Å². The van der Waals surface area contributed by atoms with Crippen molar-refractivity contribution in [3.63, 3.8) is 0 Å². The van der Waals surface area contributed by atoms with Gasteiger partial charge in [-0.2, -0.15) is 0 Å². The molecule has 13 aromatic carbocycles.